The van der Waals surface area contributed by atoms with E-state index < -0.39 is 6.29 Å². The molecule has 5 N–H and O–H groups in total. The summed E-state index contributed by atoms with van der Waals surface area (Å²) in [6.45, 7) is 16.5. The average Bonchev–Trinajstić information content (AvgIpc) is 4.20. The van der Waals surface area contributed by atoms with Crippen LogP contribution in [-0.2, 0) is 0 Å². The van der Waals surface area contributed by atoms with Crippen LogP contribution < -0.4 is 5.73 Å². The van der Waals surface area contributed by atoms with Crippen molar-refractivity contribution in [1.82, 2.24) is 29.4 Å². The Balaban J connectivity index is 0.000000146. The lowest BCUT2D eigenvalue weighted by molar-refractivity contribution is -0.0512. The first-order valence-electron chi connectivity index (χ1n) is 26.3. The zero-order valence-corrected chi connectivity index (χ0v) is 42.6. The van der Waals surface area contributed by atoms with Crippen molar-refractivity contribution < 1.29 is 19.8 Å². The first-order valence-corrected chi connectivity index (χ1v) is 26.3. The molecule has 17 nitrogen and oxygen atoms in total. The molecule has 2 aliphatic carbocycles. The lowest BCUT2D eigenvalue weighted by Crippen LogP contribution is -2.48. The summed E-state index contributed by atoms with van der Waals surface area (Å²) in [6.07, 6.45) is 23.5. The number of carbonyl (C=O) groups excluding carboxylic acids is 2. The van der Waals surface area contributed by atoms with Crippen LogP contribution in [0, 0.1) is 16.7 Å². The first kappa shape index (κ1) is 53.0. The highest BCUT2D eigenvalue weighted by Gasteiger charge is 2.42. The number of amides is 2. The zero-order chi connectivity index (χ0) is 50.5. The van der Waals surface area contributed by atoms with Crippen molar-refractivity contribution in [3.63, 3.8) is 0 Å². The predicted octanol–water partition coefficient (Wildman–Crippen LogP) is 5.60. The molecule has 10 rings (SSSR count). The smallest absolute Gasteiger partial charge is 0.253 e. The van der Waals surface area contributed by atoms with E-state index in [2.05, 4.69) is 69.2 Å². The Morgan fingerprint density at radius 2 is 1.04 bits per heavy atom. The fourth-order valence-corrected chi connectivity index (χ4v) is 11.5. The van der Waals surface area contributed by atoms with Gasteiger partial charge in [0, 0.05) is 82.1 Å². The lowest BCUT2D eigenvalue weighted by atomic mass is 9.81. The highest BCUT2D eigenvalue weighted by Crippen LogP contribution is 2.37. The van der Waals surface area contributed by atoms with Crippen LogP contribution in [0.4, 0.5) is 0 Å². The fourth-order valence-electron chi connectivity index (χ4n) is 11.5. The number of likely N-dealkylation sites (tertiary alicyclic amines) is 2. The molecule has 0 radical (unpaired) electrons. The number of piperidine rings is 2. The van der Waals surface area contributed by atoms with Crippen LogP contribution in [0.25, 0.3) is 0 Å². The van der Waals surface area contributed by atoms with E-state index in [1.54, 1.807) is 54.9 Å². The number of carbonyl (C=O) groups is 2. The van der Waals surface area contributed by atoms with Crippen molar-refractivity contribution in [2.45, 2.75) is 139 Å². The van der Waals surface area contributed by atoms with Crippen molar-refractivity contribution in [1.29, 1.82) is 10.7 Å². The Kier molecular flexibility index (Phi) is 17.9. The third-order valence-corrected chi connectivity index (χ3v) is 16.0. The number of nitrogens with one attached hydrogen (secondary N) is 1. The molecule has 8 aliphatic rings. The van der Waals surface area contributed by atoms with Gasteiger partial charge in [-0.1, -0.05) is 50.7 Å². The number of aliphatic hydroxyl groups excluding tert-OH is 1. The second kappa shape index (κ2) is 24.0. The molecular formula is C54H79N13O4. The van der Waals surface area contributed by atoms with Crippen molar-refractivity contribution in [2.75, 3.05) is 78.5 Å². The standard InChI is InChI=1S/C17H23N5O3.C17H20N4O.2C10H18N2/c18-15(19)12-1-3-13(4-2-12)16(25)22-7-5-17(6-8-22)10-21(11-20-17)9-14(23)24;1-2-20-12-17(19-13-20)7-9-21(10-8-17)16(22)15-5-3-14(11-18)4-6-15;1-2-12-8-10(11-9-12)6-4-3-5-7-10;1-2-12-9-11-8-10(12)6-4-3-5-7-10/h1-4,11,14,23-24H,5-10H2,(H3,18,19);3-6,13H,2,7-10,12H2,1H3;2*9H,2-8H2,1H3. The molecule has 2 amide bonds. The maximum absolute atomic E-state index is 12.6. The number of amidine groups is 1. The molecule has 2 aromatic carbocycles. The number of aliphatic hydroxyl groups is 2. The number of nitriles is 1. The summed E-state index contributed by atoms with van der Waals surface area (Å²) in [7, 11) is 0. The van der Waals surface area contributed by atoms with Crippen LogP contribution >= 0.6 is 0 Å². The second-order valence-corrected chi connectivity index (χ2v) is 20.8. The van der Waals surface area contributed by atoms with E-state index in [0.29, 0.717) is 53.0 Å². The van der Waals surface area contributed by atoms with Gasteiger partial charge in [0.25, 0.3) is 11.8 Å². The van der Waals surface area contributed by atoms with E-state index in [1.165, 1.54) is 70.8 Å². The third-order valence-electron chi connectivity index (χ3n) is 16.0. The van der Waals surface area contributed by atoms with E-state index in [1.807, 2.05) is 21.0 Å². The Morgan fingerprint density at radius 3 is 1.46 bits per heavy atom. The van der Waals surface area contributed by atoms with Gasteiger partial charge in [-0.25, -0.2) is 0 Å². The molecule has 0 unspecified atom stereocenters. The van der Waals surface area contributed by atoms with E-state index in [4.69, 9.17) is 31.6 Å². The van der Waals surface area contributed by atoms with Crippen LogP contribution in [0.5, 0.6) is 0 Å². The highest BCUT2D eigenvalue weighted by molar-refractivity contribution is 5.98. The van der Waals surface area contributed by atoms with E-state index >= 15 is 0 Å². The minimum absolute atomic E-state index is 0.0114. The van der Waals surface area contributed by atoms with Crippen LogP contribution in [0.2, 0.25) is 0 Å². The molecule has 2 saturated carbocycles. The molecular weight excluding hydrogens is 895 g/mol. The van der Waals surface area contributed by atoms with Crippen LogP contribution in [0.3, 0.4) is 0 Å². The minimum Gasteiger partial charge on any atom is -0.384 e. The summed E-state index contributed by atoms with van der Waals surface area (Å²) in [5.41, 5.74) is 8.41. The number of likely N-dealkylation sites (N-methyl/N-ethyl adjacent to an activating group) is 3. The van der Waals surface area contributed by atoms with Gasteiger partial charge >= 0.3 is 0 Å². The fraction of sp³-hybridized carbons (Fsp3) is 0.630. The van der Waals surface area contributed by atoms with Crippen molar-refractivity contribution in [2.24, 2.45) is 25.7 Å². The molecule has 71 heavy (non-hydrogen) atoms. The van der Waals surface area contributed by atoms with E-state index in [0.717, 1.165) is 71.5 Å². The number of hydrogen-bond acceptors (Lipinski definition) is 14. The lowest BCUT2D eigenvalue weighted by Gasteiger charge is -2.40. The normalized spacial score (nSPS) is 21.8. The number of nitrogens with two attached hydrogens (primary N) is 1. The molecule has 6 aliphatic heterocycles. The number of benzene rings is 2. The van der Waals surface area contributed by atoms with Crippen molar-refractivity contribution in [3.05, 3.63) is 70.8 Å². The van der Waals surface area contributed by atoms with Gasteiger partial charge in [-0.3, -0.25) is 35.0 Å². The number of nitrogen functional groups attached to an aromatic ring is 1. The topological polar surface area (TPSA) is 217 Å². The molecule has 17 heteroatoms. The Labute approximate surface area is 421 Å². The molecule has 4 spiro atoms. The SMILES string of the molecule is CCN1C=NC2(CCCCC2)C1.CCN1C=NC2(CCN(C(=O)c3ccc(C#N)cc3)CC2)C1.CCN1C=NCC12CCCCC2.N=C(N)c1ccc(C(=O)N2CCC3(CC2)CN(CC(O)O)C=N3)cc1. The molecule has 2 saturated heterocycles. The van der Waals surface area contributed by atoms with Crippen LogP contribution in [-0.4, -0.2) is 190 Å². The molecule has 2 aromatic rings. The largest absolute Gasteiger partial charge is 0.384 e. The molecule has 0 aromatic heterocycles. The molecule has 384 valence electrons. The number of hydrogen-bond donors (Lipinski definition) is 4. The molecule has 0 bridgehead atoms. The van der Waals surface area contributed by atoms with Gasteiger partial charge < -0.3 is 45.3 Å². The molecule has 4 fully saturated rings. The van der Waals surface area contributed by atoms with Gasteiger partial charge in [0.2, 0.25) is 0 Å². The van der Waals surface area contributed by atoms with Gasteiger partial charge in [0.1, 0.15) is 5.84 Å². The predicted molar refractivity (Wildman–Crippen MR) is 281 cm³/mol. The highest BCUT2D eigenvalue weighted by atomic mass is 16.5. The first-order chi connectivity index (χ1) is 34.3. The monoisotopic (exact) mass is 974 g/mol. The maximum atomic E-state index is 12.6. The van der Waals surface area contributed by atoms with Gasteiger partial charge in [-0.15, -0.1) is 0 Å². The van der Waals surface area contributed by atoms with E-state index in [9.17, 15) is 9.59 Å². The van der Waals surface area contributed by atoms with E-state index in [-0.39, 0.29) is 35.3 Å². The summed E-state index contributed by atoms with van der Waals surface area (Å²) in [4.78, 5) is 56.0. The number of rotatable bonds is 8. The number of aliphatic imine (C=N–C) groups is 4. The Hall–Kier alpha value is -5.86. The average molecular weight is 974 g/mol. The molecule has 0 atom stereocenters. The zero-order valence-electron chi connectivity index (χ0n) is 42.6. The van der Waals surface area contributed by atoms with Crippen molar-refractivity contribution in [3.8, 4) is 6.07 Å². The van der Waals surface area contributed by atoms with Crippen LogP contribution in [0.15, 0.2) is 68.5 Å². The number of nitrogens with zero attached hydrogens (tertiary/aromatic N) is 11. The summed E-state index contributed by atoms with van der Waals surface area (Å²) in [6, 6.07) is 15.7. The van der Waals surface area contributed by atoms with Crippen LogP contribution in [0.1, 0.15) is 143 Å². The van der Waals surface area contributed by atoms with Gasteiger partial charge in [-0.05, 0) is 109 Å². The maximum Gasteiger partial charge on any atom is 0.253 e. The summed E-state index contributed by atoms with van der Waals surface area (Å²) < 4.78 is 0. The third kappa shape index (κ3) is 13.4. The molecule has 6 heterocycles. The van der Waals surface area contributed by atoms with Gasteiger partial charge in [0.15, 0.2) is 6.29 Å². The Morgan fingerprint density at radius 1 is 0.620 bits per heavy atom. The quantitative estimate of drug-likeness (QED) is 0.146. The number of β-amino-alcohol motifs (C(OH)–C–C–N with tert-alkyl or cyclic N) is 2. The second-order valence-electron chi connectivity index (χ2n) is 20.8. The van der Waals surface area contributed by atoms with Gasteiger partial charge in [-0.2, -0.15) is 5.26 Å². The summed E-state index contributed by atoms with van der Waals surface area (Å²) in [5, 5.41) is 34.4. The Bertz CT molecular complexity index is 2240. The minimum atomic E-state index is -1.37. The summed E-state index contributed by atoms with van der Waals surface area (Å²) >= 11 is 0. The summed E-state index contributed by atoms with van der Waals surface area (Å²) in [5.74, 6) is -0.00112. The van der Waals surface area contributed by atoms with Crippen molar-refractivity contribution >= 4 is 43.0 Å². The van der Waals surface area contributed by atoms with Gasteiger partial charge in [0.05, 0.1) is 72.2 Å².